The monoisotopic (exact) mass is 474 g/mol. The Morgan fingerprint density at radius 3 is 2.71 bits per heavy atom. The highest BCUT2D eigenvalue weighted by molar-refractivity contribution is 6.35. The van der Waals surface area contributed by atoms with Crippen LogP contribution in [0.25, 0.3) is 22.2 Å². The number of urea groups is 1. The van der Waals surface area contributed by atoms with Crippen molar-refractivity contribution in [2.45, 2.75) is 20.0 Å². The van der Waals surface area contributed by atoms with E-state index in [0.717, 1.165) is 11.1 Å². The fourth-order valence-electron chi connectivity index (χ4n) is 4.12. The topological polar surface area (TPSA) is 146 Å². The summed E-state index contributed by atoms with van der Waals surface area (Å²) in [5.74, 6) is -0.634. The Hall–Kier alpha value is -4.36. The van der Waals surface area contributed by atoms with Crippen LogP contribution in [0.15, 0.2) is 36.4 Å². The van der Waals surface area contributed by atoms with Crippen molar-refractivity contribution in [2.75, 3.05) is 11.9 Å². The fraction of sp³-hybridized carbons (Fsp3) is 0.174. The molecule has 2 aromatic carbocycles. The molecule has 0 aliphatic carbocycles. The number of primary amides is 1. The molecule has 0 unspecified atom stereocenters. The molecule has 3 heterocycles. The van der Waals surface area contributed by atoms with Crippen LogP contribution in [-0.4, -0.2) is 43.4 Å². The Balaban J connectivity index is 1.47. The average Bonchev–Trinajstić information content (AvgIpc) is 3.40. The van der Waals surface area contributed by atoms with E-state index in [1.807, 2.05) is 19.1 Å². The predicted molar refractivity (Wildman–Crippen MR) is 126 cm³/mol. The van der Waals surface area contributed by atoms with Gasteiger partial charge < -0.3 is 16.0 Å². The zero-order valence-electron chi connectivity index (χ0n) is 18.1. The second-order valence-corrected chi connectivity index (χ2v) is 8.41. The number of aryl methyl sites for hydroxylation is 1. The number of nitrogens with two attached hydrogens (primary N) is 1. The van der Waals surface area contributed by atoms with Crippen molar-refractivity contribution in [3.63, 3.8) is 0 Å². The molecule has 0 bridgehead atoms. The number of aromatic nitrogens is 4. The first-order valence-corrected chi connectivity index (χ1v) is 10.8. The lowest BCUT2D eigenvalue weighted by atomic mass is 10.0. The highest BCUT2D eigenvalue weighted by Crippen LogP contribution is 2.34. The molecule has 1 aliphatic rings. The van der Waals surface area contributed by atoms with Gasteiger partial charge in [0.25, 0.3) is 5.91 Å². The van der Waals surface area contributed by atoms with Crippen LogP contribution in [0, 0.1) is 18.3 Å². The van der Waals surface area contributed by atoms with Gasteiger partial charge in [-0.1, -0.05) is 11.6 Å². The lowest BCUT2D eigenvalue weighted by molar-refractivity contribution is 0.0997. The van der Waals surface area contributed by atoms with Gasteiger partial charge in [0.1, 0.15) is 11.2 Å². The molecule has 0 spiro atoms. The quantitative estimate of drug-likeness (QED) is 0.416. The number of nitriles is 1. The van der Waals surface area contributed by atoms with Crippen molar-refractivity contribution < 1.29 is 9.59 Å². The zero-order chi connectivity index (χ0) is 24.0. The SMILES string of the molecule is Cc1[nH]nc2c(Cl)cc(-c3nn4c(c3C(N)=O)CN(C(=O)Nc3ccc(C#N)cc3)CC4)cc12. The van der Waals surface area contributed by atoms with Crippen molar-refractivity contribution in [1.29, 1.82) is 5.26 Å². The summed E-state index contributed by atoms with van der Waals surface area (Å²) in [4.78, 5) is 26.9. The van der Waals surface area contributed by atoms with Gasteiger partial charge in [-0.2, -0.15) is 15.5 Å². The van der Waals surface area contributed by atoms with Gasteiger partial charge >= 0.3 is 6.03 Å². The van der Waals surface area contributed by atoms with Gasteiger partial charge in [0, 0.05) is 28.9 Å². The molecule has 170 valence electrons. The number of nitrogens with zero attached hydrogens (tertiary/aromatic N) is 5. The minimum Gasteiger partial charge on any atom is -0.365 e. The van der Waals surface area contributed by atoms with E-state index in [2.05, 4.69) is 20.6 Å². The summed E-state index contributed by atoms with van der Waals surface area (Å²) in [5.41, 5.74) is 10.2. The number of hydrogen-bond donors (Lipinski definition) is 3. The van der Waals surface area contributed by atoms with Crippen LogP contribution in [0.2, 0.25) is 5.02 Å². The fourth-order valence-corrected chi connectivity index (χ4v) is 4.38. The molecule has 34 heavy (non-hydrogen) atoms. The number of anilines is 1. The Kier molecular flexibility index (Phi) is 5.18. The number of amides is 3. The number of benzene rings is 2. The Morgan fingerprint density at radius 2 is 2.00 bits per heavy atom. The summed E-state index contributed by atoms with van der Waals surface area (Å²) in [7, 11) is 0. The summed E-state index contributed by atoms with van der Waals surface area (Å²) in [6.07, 6.45) is 0. The lowest BCUT2D eigenvalue weighted by Crippen LogP contribution is -2.41. The van der Waals surface area contributed by atoms with E-state index in [-0.39, 0.29) is 18.1 Å². The molecule has 0 fully saturated rings. The number of nitrogens with one attached hydrogen (secondary N) is 2. The number of carbonyl (C=O) groups excluding carboxylic acids is 2. The normalized spacial score (nSPS) is 12.9. The van der Waals surface area contributed by atoms with Crippen molar-refractivity contribution in [3.8, 4) is 17.3 Å². The number of rotatable bonds is 3. The van der Waals surface area contributed by atoms with Gasteiger partial charge in [0.15, 0.2) is 0 Å². The van der Waals surface area contributed by atoms with E-state index in [1.165, 1.54) is 0 Å². The molecule has 11 heteroatoms. The standard InChI is InChI=1S/C23H19ClN8O2/c1-12-16-8-14(9-17(24)21(16)29-28-12)20-19(22(26)33)18-11-31(6-7-32(18)30-20)23(34)27-15-4-2-13(10-25)3-5-15/h2-5,8-9H,6-7,11H2,1H3,(H2,26,33)(H,27,34)(H,28,29). The van der Waals surface area contributed by atoms with Crippen LogP contribution in [0.1, 0.15) is 27.3 Å². The van der Waals surface area contributed by atoms with Crippen LogP contribution >= 0.6 is 11.6 Å². The van der Waals surface area contributed by atoms with Gasteiger partial charge in [-0.3, -0.25) is 14.6 Å². The van der Waals surface area contributed by atoms with E-state index >= 15 is 0 Å². The second kappa shape index (κ2) is 8.20. The average molecular weight is 475 g/mol. The molecular weight excluding hydrogens is 456 g/mol. The van der Waals surface area contributed by atoms with E-state index in [9.17, 15) is 9.59 Å². The molecule has 0 radical (unpaired) electrons. The van der Waals surface area contributed by atoms with E-state index in [0.29, 0.717) is 51.8 Å². The molecule has 5 rings (SSSR count). The Morgan fingerprint density at radius 1 is 1.24 bits per heavy atom. The molecule has 0 saturated heterocycles. The van der Waals surface area contributed by atoms with Gasteiger partial charge in [-0.05, 0) is 43.3 Å². The Bertz CT molecular complexity index is 1500. The van der Waals surface area contributed by atoms with E-state index in [4.69, 9.17) is 22.6 Å². The summed E-state index contributed by atoms with van der Waals surface area (Å²) >= 11 is 6.43. The second-order valence-electron chi connectivity index (χ2n) is 8.00. The van der Waals surface area contributed by atoms with E-state index in [1.54, 1.807) is 39.9 Å². The maximum atomic E-state index is 12.9. The van der Waals surface area contributed by atoms with Crippen LogP contribution in [0.3, 0.4) is 0 Å². The predicted octanol–water partition coefficient (Wildman–Crippen LogP) is 3.41. The number of hydrogen-bond acceptors (Lipinski definition) is 5. The summed E-state index contributed by atoms with van der Waals surface area (Å²) in [6.45, 7) is 2.84. The van der Waals surface area contributed by atoms with Crippen molar-refractivity contribution in [2.24, 2.45) is 5.73 Å². The van der Waals surface area contributed by atoms with Crippen LogP contribution < -0.4 is 11.1 Å². The Labute approximate surface area is 198 Å². The summed E-state index contributed by atoms with van der Waals surface area (Å²) in [5, 5.41) is 24.8. The first kappa shape index (κ1) is 21.5. The zero-order valence-corrected chi connectivity index (χ0v) is 18.8. The first-order chi connectivity index (χ1) is 16.4. The number of H-pyrrole nitrogens is 1. The summed E-state index contributed by atoms with van der Waals surface area (Å²) in [6, 6.07) is 11.9. The molecule has 4 aromatic rings. The van der Waals surface area contributed by atoms with Crippen molar-refractivity contribution >= 4 is 40.1 Å². The molecule has 1 aliphatic heterocycles. The van der Waals surface area contributed by atoms with Crippen LogP contribution in [0.4, 0.5) is 10.5 Å². The summed E-state index contributed by atoms with van der Waals surface area (Å²) < 4.78 is 1.71. The van der Waals surface area contributed by atoms with E-state index < -0.39 is 5.91 Å². The minimum absolute atomic E-state index is 0.161. The molecule has 10 nitrogen and oxygen atoms in total. The molecular formula is C23H19ClN8O2. The largest absolute Gasteiger partial charge is 0.365 e. The third-order valence-corrected chi connectivity index (χ3v) is 6.14. The van der Waals surface area contributed by atoms with Gasteiger partial charge in [0.05, 0.1) is 41.0 Å². The lowest BCUT2D eigenvalue weighted by Gasteiger charge is -2.28. The maximum absolute atomic E-state index is 12.9. The molecule has 0 atom stereocenters. The molecule has 2 aromatic heterocycles. The van der Waals surface area contributed by atoms with Crippen molar-refractivity contribution in [3.05, 3.63) is 63.9 Å². The number of fused-ring (bicyclic) bond motifs is 2. The number of halogens is 1. The number of aromatic amines is 1. The molecule has 0 saturated carbocycles. The molecule has 3 amide bonds. The smallest absolute Gasteiger partial charge is 0.322 e. The third-order valence-electron chi connectivity index (χ3n) is 5.86. The number of carbonyl (C=O) groups is 2. The minimum atomic E-state index is -0.634. The third kappa shape index (κ3) is 3.62. The van der Waals surface area contributed by atoms with Crippen LogP contribution in [-0.2, 0) is 13.1 Å². The first-order valence-electron chi connectivity index (χ1n) is 10.5. The maximum Gasteiger partial charge on any atom is 0.322 e. The highest BCUT2D eigenvalue weighted by Gasteiger charge is 2.30. The molecule has 4 N–H and O–H groups in total. The van der Waals surface area contributed by atoms with Gasteiger partial charge in [-0.15, -0.1) is 0 Å². The van der Waals surface area contributed by atoms with Gasteiger partial charge in [-0.25, -0.2) is 4.79 Å². The van der Waals surface area contributed by atoms with Gasteiger partial charge in [0.2, 0.25) is 0 Å². The highest BCUT2D eigenvalue weighted by atomic mass is 35.5. The van der Waals surface area contributed by atoms with Crippen molar-refractivity contribution in [1.82, 2.24) is 24.9 Å². The van der Waals surface area contributed by atoms with Crippen LogP contribution in [0.5, 0.6) is 0 Å².